The molecule has 0 bridgehead atoms. The van der Waals surface area contributed by atoms with Gasteiger partial charge >= 0.3 is 5.97 Å². The Balaban J connectivity index is 1.72. The number of methoxy groups -OCH3 is 1. The predicted octanol–water partition coefficient (Wildman–Crippen LogP) is 4.84. The second-order valence-corrected chi connectivity index (χ2v) is 8.56. The maximum Gasteiger partial charge on any atom is 0.341 e. The molecule has 0 fully saturated rings. The van der Waals surface area contributed by atoms with E-state index in [1.807, 2.05) is 31.2 Å². The Bertz CT molecular complexity index is 796. The van der Waals surface area contributed by atoms with E-state index < -0.39 is 0 Å². The molecule has 0 saturated carbocycles. The minimum absolute atomic E-state index is 0.0999. The van der Waals surface area contributed by atoms with Crippen LogP contribution in [0.15, 0.2) is 29.2 Å². The van der Waals surface area contributed by atoms with Crippen LogP contribution in [0.3, 0.4) is 0 Å². The van der Waals surface area contributed by atoms with Crippen LogP contribution in [0.2, 0.25) is 0 Å². The van der Waals surface area contributed by atoms with Gasteiger partial charge in [-0.3, -0.25) is 4.79 Å². The maximum absolute atomic E-state index is 12.4. The van der Waals surface area contributed by atoms with E-state index in [9.17, 15) is 9.59 Å². The van der Waals surface area contributed by atoms with Crippen LogP contribution in [0.1, 0.15) is 45.6 Å². The van der Waals surface area contributed by atoms with Crippen LogP contribution < -0.4 is 5.32 Å². The van der Waals surface area contributed by atoms with Crippen LogP contribution in [-0.4, -0.2) is 24.7 Å². The van der Waals surface area contributed by atoms with Crippen molar-refractivity contribution >= 4 is 40.0 Å². The molecule has 0 unspecified atom stereocenters. The second kappa shape index (κ2) is 8.73. The van der Waals surface area contributed by atoms with Gasteiger partial charge in [-0.1, -0.05) is 24.1 Å². The van der Waals surface area contributed by atoms with Crippen molar-refractivity contribution in [2.24, 2.45) is 0 Å². The zero-order valence-electron chi connectivity index (χ0n) is 15.1. The molecule has 4 nitrogen and oxygen atoms in total. The number of amides is 1. The lowest BCUT2D eigenvalue weighted by molar-refractivity contribution is -0.113. The molecule has 1 amide bonds. The molecule has 26 heavy (non-hydrogen) atoms. The van der Waals surface area contributed by atoms with Crippen LogP contribution in [0, 0.1) is 6.92 Å². The number of fused-ring (bicyclic) bond motifs is 1. The average molecular weight is 390 g/mol. The molecule has 1 N–H and O–H groups in total. The Hall–Kier alpha value is -1.79. The lowest BCUT2D eigenvalue weighted by atomic mass is 10.1. The molecule has 1 aromatic heterocycles. The lowest BCUT2D eigenvalue weighted by Gasteiger charge is -2.07. The molecule has 1 aliphatic rings. The monoisotopic (exact) mass is 389 g/mol. The van der Waals surface area contributed by atoms with Crippen molar-refractivity contribution in [2.45, 2.75) is 43.9 Å². The fourth-order valence-electron chi connectivity index (χ4n) is 3.09. The van der Waals surface area contributed by atoms with E-state index in [0.717, 1.165) is 36.1 Å². The first-order valence-electron chi connectivity index (χ1n) is 8.80. The van der Waals surface area contributed by atoms with Crippen molar-refractivity contribution < 1.29 is 14.3 Å². The Morgan fingerprint density at radius 3 is 2.62 bits per heavy atom. The number of thiophene rings is 1. The van der Waals surface area contributed by atoms with Crippen molar-refractivity contribution in [2.75, 3.05) is 18.2 Å². The molecule has 0 saturated heterocycles. The molecular weight excluding hydrogens is 366 g/mol. The van der Waals surface area contributed by atoms with Gasteiger partial charge in [0, 0.05) is 9.77 Å². The number of thioether (sulfide) groups is 1. The summed E-state index contributed by atoms with van der Waals surface area (Å²) in [7, 11) is 1.39. The highest BCUT2D eigenvalue weighted by Crippen LogP contribution is 2.38. The molecule has 138 valence electrons. The zero-order valence-corrected chi connectivity index (χ0v) is 16.7. The van der Waals surface area contributed by atoms with Crippen LogP contribution in [-0.2, 0) is 22.4 Å². The van der Waals surface area contributed by atoms with Gasteiger partial charge in [0.25, 0.3) is 0 Å². The number of hydrogen-bond acceptors (Lipinski definition) is 5. The number of anilines is 1. The summed E-state index contributed by atoms with van der Waals surface area (Å²) >= 11 is 3.02. The quantitative estimate of drug-likeness (QED) is 0.451. The number of benzene rings is 1. The number of carbonyl (C=O) groups excluding carboxylic acids is 2. The van der Waals surface area contributed by atoms with Gasteiger partial charge in [-0.15, -0.1) is 23.1 Å². The molecule has 1 aliphatic carbocycles. The normalized spacial score (nSPS) is 13.6. The summed E-state index contributed by atoms with van der Waals surface area (Å²) in [5.74, 6) is -0.144. The van der Waals surface area contributed by atoms with E-state index in [1.54, 1.807) is 0 Å². The van der Waals surface area contributed by atoms with E-state index in [2.05, 4.69) is 5.32 Å². The van der Waals surface area contributed by atoms with Crippen molar-refractivity contribution in [1.29, 1.82) is 0 Å². The van der Waals surface area contributed by atoms with E-state index in [-0.39, 0.29) is 11.9 Å². The van der Waals surface area contributed by atoms with Gasteiger partial charge in [0.15, 0.2) is 0 Å². The summed E-state index contributed by atoms with van der Waals surface area (Å²) in [6.07, 6.45) is 5.23. The first-order chi connectivity index (χ1) is 12.6. The highest BCUT2D eigenvalue weighted by Gasteiger charge is 2.26. The summed E-state index contributed by atoms with van der Waals surface area (Å²) < 4.78 is 4.98. The topological polar surface area (TPSA) is 55.4 Å². The Morgan fingerprint density at radius 1 is 1.15 bits per heavy atom. The Kier molecular flexibility index (Phi) is 6.38. The fraction of sp³-hybridized carbons (Fsp3) is 0.400. The largest absolute Gasteiger partial charge is 0.465 e. The van der Waals surface area contributed by atoms with Crippen molar-refractivity contribution in [3.8, 4) is 0 Å². The zero-order chi connectivity index (χ0) is 18.5. The molecular formula is C20H23NO3S2. The van der Waals surface area contributed by atoms with E-state index in [0.29, 0.717) is 16.3 Å². The molecule has 0 aliphatic heterocycles. The summed E-state index contributed by atoms with van der Waals surface area (Å²) in [6, 6.07) is 8.10. The standard InChI is InChI=1S/C20H23NO3S2/c1-13-8-10-14(11-9-13)25-12-17(22)21-19-18(20(23)24-2)15-6-4-3-5-7-16(15)26-19/h8-11H,3-7,12H2,1-2H3,(H,21,22). The summed E-state index contributed by atoms with van der Waals surface area (Å²) in [5.41, 5.74) is 2.82. The SMILES string of the molecule is COC(=O)c1c(NC(=O)CSc2ccc(C)cc2)sc2c1CCCCC2. The van der Waals surface area contributed by atoms with Crippen LogP contribution in [0.4, 0.5) is 5.00 Å². The molecule has 0 spiro atoms. The third kappa shape index (κ3) is 4.48. The summed E-state index contributed by atoms with van der Waals surface area (Å²) in [6.45, 7) is 2.04. The van der Waals surface area contributed by atoms with Crippen molar-refractivity contribution in [3.63, 3.8) is 0 Å². The van der Waals surface area contributed by atoms with E-state index >= 15 is 0 Å². The number of ether oxygens (including phenoxy) is 1. The smallest absolute Gasteiger partial charge is 0.341 e. The molecule has 6 heteroatoms. The number of nitrogens with one attached hydrogen (secondary N) is 1. The van der Waals surface area contributed by atoms with Crippen molar-refractivity contribution in [3.05, 3.63) is 45.8 Å². The summed E-state index contributed by atoms with van der Waals surface area (Å²) in [5, 5.41) is 3.58. The van der Waals surface area contributed by atoms with Crippen LogP contribution in [0.25, 0.3) is 0 Å². The third-order valence-electron chi connectivity index (χ3n) is 4.45. The Morgan fingerprint density at radius 2 is 1.88 bits per heavy atom. The highest BCUT2D eigenvalue weighted by atomic mass is 32.2. The maximum atomic E-state index is 12.4. The van der Waals surface area contributed by atoms with Gasteiger partial charge in [-0.05, 0) is 50.3 Å². The number of hydrogen-bond donors (Lipinski definition) is 1. The van der Waals surface area contributed by atoms with Crippen molar-refractivity contribution in [1.82, 2.24) is 0 Å². The fourth-order valence-corrected chi connectivity index (χ4v) is 5.09. The first kappa shape index (κ1) is 19.0. The predicted molar refractivity (Wildman–Crippen MR) is 107 cm³/mol. The van der Waals surface area contributed by atoms with Gasteiger partial charge in [-0.25, -0.2) is 4.79 Å². The molecule has 0 atom stereocenters. The van der Waals surface area contributed by atoms with Crippen LogP contribution >= 0.6 is 23.1 Å². The van der Waals surface area contributed by atoms with Gasteiger partial charge in [-0.2, -0.15) is 0 Å². The number of esters is 1. The second-order valence-electron chi connectivity index (χ2n) is 6.41. The third-order valence-corrected chi connectivity index (χ3v) is 6.67. The minimum atomic E-state index is -0.356. The minimum Gasteiger partial charge on any atom is -0.465 e. The van der Waals surface area contributed by atoms with E-state index in [1.165, 1.54) is 47.1 Å². The van der Waals surface area contributed by atoms with E-state index in [4.69, 9.17) is 4.74 Å². The molecule has 0 radical (unpaired) electrons. The molecule has 3 rings (SSSR count). The van der Waals surface area contributed by atoms with Gasteiger partial charge < -0.3 is 10.1 Å². The number of rotatable bonds is 5. The van der Waals surface area contributed by atoms with Gasteiger partial charge in [0.05, 0.1) is 18.4 Å². The number of aryl methyl sites for hydroxylation is 2. The lowest BCUT2D eigenvalue weighted by Crippen LogP contribution is -2.16. The van der Waals surface area contributed by atoms with Crippen LogP contribution in [0.5, 0.6) is 0 Å². The highest BCUT2D eigenvalue weighted by molar-refractivity contribution is 8.00. The van der Waals surface area contributed by atoms with Gasteiger partial charge in [0.2, 0.25) is 5.91 Å². The Labute approximate surface area is 162 Å². The molecule has 2 aromatic rings. The first-order valence-corrected chi connectivity index (χ1v) is 10.6. The average Bonchev–Trinajstić information content (AvgIpc) is 2.81. The summed E-state index contributed by atoms with van der Waals surface area (Å²) in [4.78, 5) is 27.0. The molecule has 1 aromatic carbocycles. The van der Waals surface area contributed by atoms with Gasteiger partial charge in [0.1, 0.15) is 5.00 Å². The molecule has 1 heterocycles. The number of carbonyl (C=O) groups is 2.